The number of rotatable bonds is 6. The van der Waals surface area contributed by atoms with E-state index in [1.807, 2.05) is 30.3 Å². The van der Waals surface area contributed by atoms with E-state index in [1.165, 1.54) is 4.90 Å². The van der Waals surface area contributed by atoms with E-state index in [-0.39, 0.29) is 25.6 Å². The third-order valence-corrected chi connectivity index (χ3v) is 4.81. The van der Waals surface area contributed by atoms with Crippen LogP contribution in [-0.2, 0) is 16.1 Å². The second-order valence-corrected chi connectivity index (χ2v) is 7.56. The molecule has 0 atom stereocenters. The Balaban J connectivity index is 1.69. The highest BCUT2D eigenvalue weighted by Crippen LogP contribution is 2.39. The lowest BCUT2D eigenvalue weighted by Gasteiger charge is -2.39. The summed E-state index contributed by atoms with van der Waals surface area (Å²) in [5.74, 6) is -0.391. The average molecular weight is 411 g/mol. The summed E-state index contributed by atoms with van der Waals surface area (Å²) in [4.78, 5) is 38.1. The van der Waals surface area contributed by atoms with Crippen molar-refractivity contribution in [3.05, 3.63) is 59.2 Å². The molecule has 1 heterocycles. The lowest BCUT2D eigenvalue weighted by atomic mass is 10.00. The molecule has 0 saturated carbocycles. The zero-order valence-corrected chi connectivity index (χ0v) is 17.2. The zero-order chi connectivity index (χ0) is 21.9. The summed E-state index contributed by atoms with van der Waals surface area (Å²) in [5.41, 5.74) is 6.65. The number of fused-ring (bicyclic) bond motifs is 1. The Morgan fingerprint density at radius 2 is 1.90 bits per heavy atom. The normalized spacial score (nSPS) is 14.5. The summed E-state index contributed by atoms with van der Waals surface area (Å²) in [6, 6.07) is 12.6. The number of benzene rings is 2. The van der Waals surface area contributed by atoms with Gasteiger partial charge in [-0.15, -0.1) is 0 Å². The molecule has 3 rings (SSSR count). The van der Waals surface area contributed by atoms with Gasteiger partial charge in [0.1, 0.15) is 12.4 Å². The molecule has 0 bridgehead atoms. The van der Waals surface area contributed by atoms with Crippen molar-refractivity contribution in [1.82, 2.24) is 5.32 Å². The topological polar surface area (TPSA) is 111 Å². The summed E-state index contributed by atoms with van der Waals surface area (Å²) in [6.45, 7) is 5.59. The van der Waals surface area contributed by atoms with Gasteiger partial charge in [-0.2, -0.15) is 0 Å². The maximum atomic E-state index is 12.9. The fourth-order valence-electron chi connectivity index (χ4n) is 3.25. The number of carbonyl (C=O) groups excluding carboxylic acids is 3. The fraction of sp³-hybridized carbons (Fsp3) is 0.318. The minimum atomic E-state index is -1.08. The minimum absolute atomic E-state index is 0.153. The molecule has 0 saturated heterocycles. The Kier molecular flexibility index (Phi) is 5.96. The summed E-state index contributed by atoms with van der Waals surface area (Å²) in [7, 11) is 0. The quantitative estimate of drug-likeness (QED) is 0.759. The molecule has 30 heavy (non-hydrogen) atoms. The number of hydrogen-bond donors (Lipinski definition) is 2. The third-order valence-electron chi connectivity index (χ3n) is 4.81. The number of primary amides is 1. The highest BCUT2D eigenvalue weighted by molar-refractivity contribution is 6.04. The number of amides is 3. The monoisotopic (exact) mass is 411 g/mol. The van der Waals surface area contributed by atoms with Crippen LogP contribution in [0.25, 0.3) is 0 Å². The Hall–Kier alpha value is -3.55. The SMILES string of the molecule is Cc1cc2c(cc1C(N)=O)N(CCNC(=O)OCc1ccccc1)C(=O)C(C)(C)O2. The van der Waals surface area contributed by atoms with Crippen LogP contribution >= 0.6 is 0 Å². The molecule has 2 aromatic rings. The molecular formula is C22H25N3O5. The van der Waals surface area contributed by atoms with E-state index < -0.39 is 17.6 Å². The van der Waals surface area contributed by atoms with Crippen LogP contribution in [0.15, 0.2) is 42.5 Å². The van der Waals surface area contributed by atoms with Crippen LogP contribution in [0.5, 0.6) is 5.75 Å². The first-order chi connectivity index (χ1) is 14.2. The number of alkyl carbamates (subject to hydrolysis) is 1. The van der Waals surface area contributed by atoms with E-state index in [1.54, 1.807) is 32.9 Å². The molecule has 158 valence electrons. The van der Waals surface area contributed by atoms with Crippen LogP contribution in [0.4, 0.5) is 10.5 Å². The first-order valence-electron chi connectivity index (χ1n) is 9.59. The summed E-state index contributed by atoms with van der Waals surface area (Å²) in [6.07, 6.45) is -0.583. The van der Waals surface area contributed by atoms with Crippen LogP contribution in [0.1, 0.15) is 35.3 Å². The van der Waals surface area contributed by atoms with Gasteiger partial charge in [0.15, 0.2) is 5.60 Å². The molecule has 2 aromatic carbocycles. The number of nitrogens with two attached hydrogens (primary N) is 1. The molecule has 8 heteroatoms. The molecule has 0 radical (unpaired) electrons. The highest BCUT2D eigenvalue weighted by Gasteiger charge is 2.41. The number of ether oxygens (including phenoxy) is 2. The van der Waals surface area contributed by atoms with Gasteiger partial charge in [0.05, 0.1) is 5.69 Å². The molecule has 1 aliphatic rings. The van der Waals surface area contributed by atoms with Gasteiger partial charge < -0.3 is 25.4 Å². The molecule has 3 amide bonds. The largest absolute Gasteiger partial charge is 0.476 e. The zero-order valence-electron chi connectivity index (χ0n) is 17.2. The molecular weight excluding hydrogens is 386 g/mol. The molecule has 0 spiro atoms. The number of anilines is 1. The second-order valence-electron chi connectivity index (χ2n) is 7.56. The molecule has 0 unspecified atom stereocenters. The van der Waals surface area contributed by atoms with Crippen LogP contribution in [0, 0.1) is 6.92 Å². The van der Waals surface area contributed by atoms with Crippen LogP contribution in [0.2, 0.25) is 0 Å². The van der Waals surface area contributed by atoms with Gasteiger partial charge in [-0.25, -0.2) is 4.79 Å². The van der Waals surface area contributed by atoms with Crippen LogP contribution in [-0.4, -0.2) is 36.6 Å². The Morgan fingerprint density at radius 1 is 1.20 bits per heavy atom. The highest BCUT2D eigenvalue weighted by atomic mass is 16.5. The maximum Gasteiger partial charge on any atom is 0.407 e. The summed E-state index contributed by atoms with van der Waals surface area (Å²) in [5, 5.41) is 2.64. The Bertz CT molecular complexity index is 972. The van der Waals surface area contributed by atoms with E-state index in [9.17, 15) is 14.4 Å². The van der Waals surface area contributed by atoms with Crippen LogP contribution in [0.3, 0.4) is 0 Å². The molecule has 8 nitrogen and oxygen atoms in total. The molecule has 0 fully saturated rings. The fourth-order valence-corrected chi connectivity index (χ4v) is 3.25. The van der Waals surface area contributed by atoms with Gasteiger partial charge in [0.2, 0.25) is 5.91 Å². The van der Waals surface area contributed by atoms with Crippen molar-refractivity contribution in [2.45, 2.75) is 33.0 Å². The molecule has 0 aromatic heterocycles. The number of aryl methyl sites for hydroxylation is 1. The smallest absolute Gasteiger partial charge is 0.407 e. The minimum Gasteiger partial charge on any atom is -0.476 e. The van der Waals surface area contributed by atoms with Gasteiger partial charge in [-0.05, 0) is 44.0 Å². The van der Waals surface area contributed by atoms with Gasteiger partial charge in [-0.3, -0.25) is 9.59 Å². The van der Waals surface area contributed by atoms with Gasteiger partial charge in [0.25, 0.3) is 5.91 Å². The number of nitrogens with one attached hydrogen (secondary N) is 1. The van der Waals surface area contributed by atoms with Crippen molar-refractivity contribution in [3.63, 3.8) is 0 Å². The lowest BCUT2D eigenvalue weighted by Crippen LogP contribution is -2.54. The number of nitrogens with zero attached hydrogens (tertiary/aromatic N) is 1. The van der Waals surface area contributed by atoms with E-state index in [4.69, 9.17) is 15.2 Å². The predicted octanol–water partition coefficient (Wildman–Crippen LogP) is 2.52. The first kappa shape index (κ1) is 21.2. The van der Waals surface area contributed by atoms with Crippen molar-refractivity contribution in [1.29, 1.82) is 0 Å². The molecule has 0 aliphatic carbocycles. The number of hydrogen-bond acceptors (Lipinski definition) is 5. The van der Waals surface area contributed by atoms with Crippen molar-refractivity contribution in [2.24, 2.45) is 5.73 Å². The predicted molar refractivity (Wildman–Crippen MR) is 111 cm³/mol. The number of carbonyl (C=O) groups is 3. The summed E-state index contributed by atoms with van der Waals surface area (Å²) < 4.78 is 11.0. The van der Waals surface area contributed by atoms with Gasteiger partial charge >= 0.3 is 6.09 Å². The summed E-state index contributed by atoms with van der Waals surface area (Å²) >= 11 is 0. The van der Waals surface area contributed by atoms with Crippen molar-refractivity contribution < 1.29 is 23.9 Å². The maximum absolute atomic E-state index is 12.9. The van der Waals surface area contributed by atoms with Crippen molar-refractivity contribution >= 4 is 23.6 Å². The standard InChI is InChI=1S/C22H25N3O5/c1-14-11-18-17(12-16(14)19(23)26)25(20(27)22(2,3)30-18)10-9-24-21(28)29-13-15-7-5-4-6-8-15/h4-8,11-12H,9-10,13H2,1-3H3,(H2,23,26)(H,24,28). The van der Waals surface area contributed by atoms with Crippen molar-refractivity contribution in [2.75, 3.05) is 18.0 Å². The van der Waals surface area contributed by atoms with Crippen molar-refractivity contribution in [3.8, 4) is 5.75 Å². The van der Waals surface area contributed by atoms with Gasteiger partial charge in [-0.1, -0.05) is 30.3 Å². The third kappa shape index (κ3) is 4.53. The average Bonchev–Trinajstić information content (AvgIpc) is 2.69. The molecule has 1 aliphatic heterocycles. The van der Waals surface area contributed by atoms with Gasteiger partial charge in [0, 0.05) is 18.7 Å². The van der Waals surface area contributed by atoms with E-state index in [0.717, 1.165) is 5.56 Å². The van der Waals surface area contributed by atoms with E-state index in [2.05, 4.69) is 5.32 Å². The van der Waals surface area contributed by atoms with Crippen LogP contribution < -0.4 is 20.7 Å². The van der Waals surface area contributed by atoms with E-state index in [0.29, 0.717) is 22.6 Å². The Morgan fingerprint density at radius 3 is 2.57 bits per heavy atom. The first-order valence-corrected chi connectivity index (χ1v) is 9.59. The second kappa shape index (κ2) is 8.44. The van der Waals surface area contributed by atoms with E-state index >= 15 is 0 Å². The Labute approximate surface area is 174 Å². The lowest BCUT2D eigenvalue weighted by molar-refractivity contribution is -0.132. The molecule has 3 N–H and O–H groups in total.